The lowest BCUT2D eigenvalue weighted by Crippen LogP contribution is -2.12. The zero-order chi connectivity index (χ0) is 18.1. The molecule has 7 heteroatoms. The van der Waals surface area contributed by atoms with E-state index in [2.05, 4.69) is 15.3 Å². The monoisotopic (exact) mass is 343 g/mol. The Morgan fingerprint density at radius 1 is 1.16 bits per heavy atom. The summed E-state index contributed by atoms with van der Waals surface area (Å²) >= 11 is 0. The summed E-state index contributed by atoms with van der Waals surface area (Å²) < 4.78 is 26.4. The zero-order valence-corrected chi connectivity index (χ0v) is 13.5. The minimum atomic E-state index is -1.13. The van der Waals surface area contributed by atoms with E-state index < -0.39 is 17.4 Å². The van der Waals surface area contributed by atoms with Gasteiger partial charge in [-0.05, 0) is 38.1 Å². The molecule has 1 heterocycles. The fraction of sp³-hybridized carbons (Fsp3) is 0.167. The number of nitrogens with zero attached hydrogens (tertiary/aromatic N) is 2. The smallest absolute Gasteiger partial charge is 0.223 e. The summed E-state index contributed by atoms with van der Waals surface area (Å²) in [7, 11) is 0. The van der Waals surface area contributed by atoms with Gasteiger partial charge in [-0.25, -0.2) is 18.7 Å². The highest BCUT2D eigenvalue weighted by Crippen LogP contribution is 2.27. The van der Waals surface area contributed by atoms with E-state index in [-0.39, 0.29) is 22.9 Å². The number of rotatable bonds is 4. The van der Waals surface area contributed by atoms with E-state index in [0.717, 1.165) is 18.2 Å². The minimum absolute atomic E-state index is 0.0355. The summed E-state index contributed by atoms with van der Waals surface area (Å²) in [6.45, 7) is 3.88. The topological polar surface area (TPSA) is 75.1 Å². The fourth-order valence-corrected chi connectivity index (χ4v) is 2.37. The van der Waals surface area contributed by atoms with Gasteiger partial charge in [0.25, 0.3) is 0 Å². The SMILES string of the molecule is CC(C)Nc1ncc2cc(C(=O)c3ccc(F)c(F)c3)c(O)cc2n1. The van der Waals surface area contributed by atoms with E-state index in [1.165, 1.54) is 18.3 Å². The van der Waals surface area contributed by atoms with Gasteiger partial charge in [0.2, 0.25) is 5.95 Å². The number of phenols is 1. The molecule has 0 saturated carbocycles. The molecule has 128 valence electrons. The Labute approximate surface area is 142 Å². The largest absolute Gasteiger partial charge is 0.507 e. The van der Waals surface area contributed by atoms with E-state index in [0.29, 0.717) is 16.9 Å². The Kier molecular flexibility index (Phi) is 4.31. The second kappa shape index (κ2) is 6.43. The molecule has 0 fully saturated rings. The number of hydrogen-bond acceptors (Lipinski definition) is 5. The highest BCUT2D eigenvalue weighted by molar-refractivity contribution is 6.12. The molecular formula is C18H15F2N3O2. The van der Waals surface area contributed by atoms with Crippen molar-refractivity contribution in [1.82, 2.24) is 9.97 Å². The number of hydrogen-bond donors (Lipinski definition) is 2. The molecule has 0 aliphatic rings. The number of nitrogens with one attached hydrogen (secondary N) is 1. The average molecular weight is 343 g/mol. The molecule has 0 saturated heterocycles. The molecule has 3 aromatic rings. The fourth-order valence-electron chi connectivity index (χ4n) is 2.37. The van der Waals surface area contributed by atoms with Crippen LogP contribution in [0.3, 0.4) is 0 Å². The number of phenolic OH excluding ortho intramolecular Hbond substituents is 1. The molecule has 0 atom stereocenters. The van der Waals surface area contributed by atoms with Gasteiger partial charge >= 0.3 is 0 Å². The first-order valence-electron chi connectivity index (χ1n) is 7.61. The number of carbonyl (C=O) groups is 1. The molecule has 25 heavy (non-hydrogen) atoms. The molecule has 0 aliphatic carbocycles. The number of carbonyl (C=O) groups excluding carboxylic acids is 1. The highest BCUT2D eigenvalue weighted by Gasteiger charge is 2.17. The maximum Gasteiger partial charge on any atom is 0.223 e. The third kappa shape index (κ3) is 3.40. The quantitative estimate of drug-likeness (QED) is 0.707. The molecule has 2 aromatic carbocycles. The number of benzene rings is 2. The van der Waals surface area contributed by atoms with Gasteiger partial charge < -0.3 is 10.4 Å². The van der Waals surface area contributed by atoms with Crippen LogP contribution < -0.4 is 5.32 Å². The molecule has 0 aliphatic heterocycles. The summed E-state index contributed by atoms with van der Waals surface area (Å²) in [5, 5.41) is 13.8. The van der Waals surface area contributed by atoms with Crippen LogP contribution in [0.2, 0.25) is 0 Å². The molecular weight excluding hydrogens is 328 g/mol. The lowest BCUT2D eigenvalue weighted by atomic mass is 10.0. The van der Waals surface area contributed by atoms with E-state index >= 15 is 0 Å². The van der Waals surface area contributed by atoms with Gasteiger partial charge in [-0.2, -0.15) is 0 Å². The predicted molar refractivity (Wildman–Crippen MR) is 89.8 cm³/mol. The number of ketones is 1. The highest BCUT2D eigenvalue weighted by atomic mass is 19.2. The van der Waals surface area contributed by atoms with Gasteiger partial charge in [0.1, 0.15) is 5.75 Å². The molecule has 2 N–H and O–H groups in total. The van der Waals surface area contributed by atoms with Crippen molar-refractivity contribution in [2.24, 2.45) is 0 Å². The van der Waals surface area contributed by atoms with Crippen LogP contribution >= 0.6 is 0 Å². The molecule has 0 radical (unpaired) electrons. The van der Waals surface area contributed by atoms with Crippen molar-refractivity contribution in [3.8, 4) is 5.75 Å². The molecule has 0 amide bonds. The van der Waals surface area contributed by atoms with Gasteiger partial charge in [-0.15, -0.1) is 0 Å². The van der Waals surface area contributed by atoms with Crippen molar-refractivity contribution < 1.29 is 18.7 Å². The molecule has 0 bridgehead atoms. The summed E-state index contributed by atoms with van der Waals surface area (Å²) in [4.78, 5) is 20.9. The Bertz CT molecular complexity index is 974. The average Bonchev–Trinajstić information content (AvgIpc) is 2.55. The molecule has 1 aromatic heterocycles. The summed E-state index contributed by atoms with van der Waals surface area (Å²) in [5.41, 5.74) is 0.358. The van der Waals surface area contributed by atoms with Crippen LogP contribution in [-0.2, 0) is 0 Å². The first kappa shape index (κ1) is 16.8. The van der Waals surface area contributed by atoms with Crippen molar-refractivity contribution in [3.05, 3.63) is 59.3 Å². The van der Waals surface area contributed by atoms with Gasteiger partial charge in [0, 0.05) is 29.3 Å². The Morgan fingerprint density at radius 3 is 2.60 bits per heavy atom. The standard InChI is InChI=1S/C18H15F2N3O2/c1-9(2)22-18-21-8-11-5-12(16(24)7-15(11)23-18)17(25)10-3-4-13(19)14(20)6-10/h3-9,24H,1-2H3,(H,21,22,23). The molecule has 0 unspecified atom stereocenters. The number of aromatic nitrogens is 2. The number of anilines is 1. The second-order valence-corrected chi connectivity index (χ2v) is 5.88. The van der Waals surface area contributed by atoms with E-state index in [4.69, 9.17) is 0 Å². The minimum Gasteiger partial charge on any atom is -0.507 e. The van der Waals surface area contributed by atoms with Crippen LogP contribution in [0, 0.1) is 11.6 Å². The lowest BCUT2D eigenvalue weighted by molar-refractivity contribution is 0.103. The Hall–Kier alpha value is -3.09. The van der Waals surface area contributed by atoms with Crippen LogP contribution in [0.1, 0.15) is 29.8 Å². The third-order valence-corrected chi connectivity index (χ3v) is 3.54. The van der Waals surface area contributed by atoms with E-state index in [1.54, 1.807) is 0 Å². The molecule has 0 spiro atoms. The van der Waals surface area contributed by atoms with Gasteiger partial charge in [-0.3, -0.25) is 4.79 Å². The van der Waals surface area contributed by atoms with Crippen molar-refractivity contribution in [2.45, 2.75) is 19.9 Å². The van der Waals surface area contributed by atoms with Crippen molar-refractivity contribution in [2.75, 3.05) is 5.32 Å². The Balaban J connectivity index is 2.03. The third-order valence-electron chi connectivity index (χ3n) is 3.54. The van der Waals surface area contributed by atoms with Crippen molar-refractivity contribution in [1.29, 1.82) is 0 Å². The van der Waals surface area contributed by atoms with Gasteiger partial charge in [0.05, 0.1) is 11.1 Å². The van der Waals surface area contributed by atoms with Gasteiger partial charge in [0.15, 0.2) is 17.4 Å². The summed E-state index contributed by atoms with van der Waals surface area (Å²) in [6, 6.07) is 5.74. The first-order chi connectivity index (χ1) is 11.8. The summed E-state index contributed by atoms with van der Waals surface area (Å²) in [6.07, 6.45) is 1.52. The lowest BCUT2D eigenvalue weighted by Gasteiger charge is -2.10. The van der Waals surface area contributed by atoms with Crippen molar-refractivity contribution in [3.63, 3.8) is 0 Å². The number of halogens is 2. The maximum atomic E-state index is 13.3. The van der Waals surface area contributed by atoms with E-state index in [1.807, 2.05) is 13.8 Å². The number of aromatic hydroxyl groups is 1. The normalized spacial score (nSPS) is 11.1. The van der Waals surface area contributed by atoms with Crippen LogP contribution in [0.4, 0.5) is 14.7 Å². The molecule has 3 rings (SSSR count). The van der Waals surface area contributed by atoms with Crippen LogP contribution in [0.15, 0.2) is 36.5 Å². The first-order valence-corrected chi connectivity index (χ1v) is 7.61. The van der Waals surface area contributed by atoms with Crippen LogP contribution in [0.5, 0.6) is 5.75 Å². The van der Waals surface area contributed by atoms with Crippen LogP contribution in [-0.4, -0.2) is 26.9 Å². The number of fused-ring (bicyclic) bond motifs is 1. The van der Waals surface area contributed by atoms with E-state index in [9.17, 15) is 18.7 Å². The zero-order valence-electron chi connectivity index (χ0n) is 13.5. The predicted octanol–water partition coefficient (Wildman–Crippen LogP) is 3.66. The second-order valence-electron chi connectivity index (χ2n) is 5.88. The van der Waals surface area contributed by atoms with Crippen molar-refractivity contribution >= 4 is 22.6 Å². The Morgan fingerprint density at radius 2 is 1.92 bits per heavy atom. The van der Waals surface area contributed by atoms with Crippen LogP contribution in [0.25, 0.3) is 10.9 Å². The van der Waals surface area contributed by atoms with Gasteiger partial charge in [-0.1, -0.05) is 0 Å². The summed E-state index contributed by atoms with van der Waals surface area (Å²) in [5.74, 6) is -2.68. The maximum absolute atomic E-state index is 13.3. The molecule has 5 nitrogen and oxygen atoms in total.